The fourth-order valence-corrected chi connectivity index (χ4v) is 2.72. The Morgan fingerprint density at radius 1 is 1.31 bits per heavy atom. The van der Waals surface area contributed by atoms with E-state index in [4.69, 9.17) is 9.47 Å². The average Bonchev–Trinajstić information content (AvgIpc) is 2.61. The lowest BCUT2D eigenvalue weighted by atomic mass is 10.1. The van der Waals surface area contributed by atoms with Crippen molar-refractivity contribution in [3.8, 4) is 5.75 Å². The average molecular weight is 362 g/mol. The van der Waals surface area contributed by atoms with Crippen molar-refractivity contribution in [3.63, 3.8) is 0 Å². The lowest BCUT2D eigenvalue weighted by molar-refractivity contribution is -0.147. The fraction of sp³-hybridized carbons (Fsp3) is 0.526. The van der Waals surface area contributed by atoms with Gasteiger partial charge >= 0.3 is 5.97 Å². The second-order valence-electron chi connectivity index (χ2n) is 6.52. The lowest BCUT2D eigenvalue weighted by Crippen LogP contribution is -2.57. The van der Waals surface area contributed by atoms with E-state index in [0.29, 0.717) is 36.9 Å². The van der Waals surface area contributed by atoms with Crippen LogP contribution in [0.3, 0.4) is 0 Å². The maximum atomic E-state index is 13.1. The molecular weight excluding hydrogens is 336 g/mol. The maximum absolute atomic E-state index is 13.1. The molecule has 1 fully saturated rings. The van der Waals surface area contributed by atoms with Gasteiger partial charge in [-0.25, -0.2) is 0 Å². The third-order valence-electron chi connectivity index (χ3n) is 3.95. The summed E-state index contributed by atoms with van der Waals surface area (Å²) in [6.07, 6.45) is -0.166. The molecule has 0 aromatic heterocycles. The van der Waals surface area contributed by atoms with Crippen molar-refractivity contribution < 1.29 is 23.9 Å². The summed E-state index contributed by atoms with van der Waals surface area (Å²) in [5, 5.41) is 2.70. The van der Waals surface area contributed by atoms with Gasteiger partial charge in [0, 0.05) is 13.1 Å². The predicted molar refractivity (Wildman–Crippen MR) is 95.9 cm³/mol. The van der Waals surface area contributed by atoms with Gasteiger partial charge in [-0.1, -0.05) is 26.0 Å². The minimum Gasteiger partial charge on any atom is -0.492 e. The molecule has 1 aliphatic rings. The molecule has 1 aliphatic heterocycles. The standard InChI is InChI=1S/C19H26N2O5/c1-4-25-17(22)11-15-18(23)20-9-10-21(15)19(24)14-7-5-6-8-16(14)26-12-13(2)3/h5-8,13,15H,4,9-12H2,1-3H3,(H,20,23)/t15-/m1/s1. The largest absolute Gasteiger partial charge is 0.492 e. The summed E-state index contributed by atoms with van der Waals surface area (Å²) < 4.78 is 10.7. The molecule has 0 radical (unpaired) electrons. The van der Waals surface area contributed by atoms with E-state index in [1.807, 2.05) is 13.8 Å². The summed E-state index contributed by atoms with van der Waals surface area (Å²) in [6, 6.07) is 6.07. The zero-order valence-electron chi connectivity index (χ0n) is 15.5. The Morgan fingerprint density at radius 2 is 2.04 bits per heavy atom. The molecule has 1 aromatic carbocycles. The Hall–Kier alpha value is -2.57. The zero-order chi connectivity index (χ0) is 19.1. The Bertz CT molecular complexity index is 659. The Labute approximate surface area is 153 Å². The number of hydrogen-bond donors (Lipinski definition) is 1. The number of hydrogen-bond acceptors (Lipinski definition) is 5. The van der Waals surface area contributed by atoms with E-state index in [-0.39, 0.29) is 24.8 Å². The Morgan fingerprint density at radius 3 is 2.73 bits per heavy atom. The number of esters is 1. The monoisotopic (exact) mass is 362 g/mol. The first-order valence-corrected chi connectivity index (χ1v) is 8.90. The molecule has 0 aliphatic carbocycles. The molecule has 26 heavy (non-hydrogen) atoms. The van der Waals surface area contributed by atoms with Crippen molar-refractivity contribution in [2.75, 3.05) is 26.3 Å². The summed E-state index contributed by atoms with van der Waals surface area (Å²) >= 11 is 0. The summed E-state index contributed by atoms with van der Waals surface area (Å²) in [5.74, 6) is -0.383. The van der Waals surface area contributed by atoms with Crippen LogP contribution in [0.2, 0.25) is 0 Å². The molecular formula is C19H26N2O5. The molecule has 1 N–H and O–H groups in total. The SMILES string of the molecule is CCOC(=O)C[C@@H]1C(=O)NCCN1C(=O)c1ccccc1OCC(C)C. The first-order valence-electron chi connectivity index (χ1n) is 8.90. The van der Waals surface area contributed by atoms with Crippen LogP contribution in [0, 0.1) is 5.92 Å². The van der Waals surface area contributed by atoms with Gasteiger partial charge in [0.25, 0.3) is 5.91 Å². The highest BCUT2D eigenvalue weighted by Crippen LogP contribution is 2.23. The van der Waals surface area contributed by atoms with E-state index in [1.165, 1.54) is 4.90 Å². The molecule has 2 rings (SSSR count). The van der Waals surface area contributed by atoms with Gasteiger partial charge in [-0.05, 0) is 25.0 Å². The highest BCUT2D eigenvalue weighted by molar-refractivity contribution is 6.01. The summed E-state index contributed by atoms with van der Waals surface area (Å²) in [4.78, 5) is 38.6. The van der Waals surface area contributed by atoms with Gasteiger partial charge in [-0.15, -0.1) is 0 Å². The van der Waals surface area contributed by atoms with Crippen LogP contribution >= 0.6 is 0 Å². The van der Waals surface area contributed by atoms with E-state index >= 15 is 0 Å². The third-order valence-corrected chi connectivity index (χ3v) is 3.95. The normalized spacial score (nSPS) is 17.0. The van der Waals surface area contributed by atoms with Gasteiger partial charge in [-0.2, -0.15) is 0 Å². The fourth-order valence-electron chi connectivity index (χ4n) is 2.72. The molecule has 0 bridgehead atoms. The molecule has 0 spiro atoms. The highest BCUT2D eigenvalue weighted by Gasteiger charge is 2.36. The van der Waals surface area contributed by atoms with Gasteiger partial charge in [-0.3, -0.25) is 14.4 Å². The van der Waals surface area contributed by atoms with Crippen LogP contribution < -0.4 is 10.1 Å². The van der Waals surface area contributed by atoms with E-state index in [9.17, 15) is 14.4 Å². The quantitative estimate of drug-likeness (QED) is 0.745. The molecule has 0 saturated carbocycles. The van der Waals surface area contributed by atoms with E-state index < -0.39 is 12.0 Å². The highest BCUT2D eigenvalue weighted by atomic mass is 16.5. The van der Waals surface area contributed by atoms with Crippen LogP contribution in [0.5, 0.6) is 5.75 Å². The number of ether oxygens (including phenoxy) is 2. The number of carbonyl (C=O) groups is 3. The summed E-state index contributed by atoms with van der Waals surface area (Å²) in [7, 11) is 0. The lowest BCUT2D eigenvalue weighted by Gasteiger charge is -2.34. The number of rotatable bonds is 7. The number of benzene rings is 1. The van der Waals surface area contributed by atoms with Crippen molar-refractivity contribution in [2.24, 2.45) is 5.92 Å². The maximum Gasteiger partial charge on any atom is 0.308 e. The molecule has 0 unspecified atom stereocenters. The van der Waals surface area contributed by atoms with Crippen LogP contribution in [-0.2, 0) is 14.3 Å². The van der Waals surface area contributed by atoms with Crippen LogP contribution in [0.15, 0.2) is 24.3 Å². The van der Waals surface area contributed by atoms with E-state index in [0.717, 1.165) is 0 Å². The molecule has 1 aromatic rings. The molecule has 1 heterocycles. The van der Waals surface area contributed by atoms with E-state index in [2.05, 4.69) is 5.32 Å². The molecule has 142 valence electrons. The first kappa shape index (κ1) is 19.8. The number of nitrogens with zero attached hydrogens (tertiary/aromatic N) is 1. The van der Waals surface area contributed by atoms with Crippen molar-refractivity contribution in [1.29, 1.82) is 0 Å². The van der Waals surface area contributed by atoms with Crippen molar-refractivity contribution in [3.05, 3.63) is 29.8 Å². The number of amides is 2. The minimum atomic E-state index is -0.881. The summed E-state index contributed by atoms with van der Waals surface area (Å²) in [6.45, 7) is 7.13. The molecule has 1 saturated heterocycles. The molecule has 2 amide bonds. The van der Waals surface area contributed by atoms with Crippen LogP contribution in [-0.4, -0.2) is 55.0 Å². The van der Waals surface area contributed by atoms with Gasteiger partial charge in [0.05, 0.1) is 25.2 Å². The second kappa shape index (κ2) is 9.22. The molecule has 1 atom stereocenters. The van der Waals surface area contributed by atoms with Crippen molar-refractivity contribution >= 4 is 17.8 Å². The van der Waals surface area contributed by atoms with Gasteiger partial charge < -0.3 is 19.7 Å². The smallest absolute Gasteiger partial charge is 0.308 e. The second-order valence-corrected chi connectivity index (χ2v) is 6.52. The van der Waals surface area contributed by atoms with Crippen LogP contribution in [0.1, 0.15) is 37.6 Å². The molecule has 7 heteroatoms. The number of piperazine rings is 1. The number of para-hydroxylation sites is 1. The number of nitrogens with one attached hydrogen (secondary N) is 1. The first-order chi connectivity index (χ1) is 12.4. The van der Waals surface area contributed by atoms with Gasteiger partial charge in [0.15, 0.2) is 0 Å². The van der Waals surface area contributed by atoms with Crippen molar-refractivity contribution in [1.82, 2.24) is 10.2 Å². The number of carbonyl (C=O) groups excluding carboxylic acids is 3. The summed E-state index contributed by atoms with van der Waals surface area (Å²) in [5.41, 5.74) is 0.386. The zero-order valence-corrected chi connectivity index (χ0v) is 15.5. The van der Waals surface area contributed by atoms with Crippen molar-refractivity contribution in [2.45, 2.75) is 33.2 Å². The van der Waals surface area contributed by atoms with Crippen LogP contribution in [0.4, 0.5) is 0 Å². The Balaban J connectivity index is 2.22. The third kappa shape index (κ3) is 4.97. The topological polar surface area (TPSA) is 84.9 Å². The molecule has 7 nitrogen and oxygen atoms in total. The van der Waals surface area contributed by atoms with Crippen LogP contribution in [0.25, 0.3) is 0 Å². The Kier molecular flexibility index (Phi) is 7.00. The predicted octanol–water partition coefficient (Wildman–Crippen LogP) is 1.62. The van der Waals surface area contributed by atoms with Gasteiger partial charge in [0.2, 0.25) is 5.91 Å². The minimum absolute atomic E-state index is 0.166. The van der Waals surface area contributed by atoms with Gasteiger partial charge in [0.1, 0.15) is 11.8 Å². The van der Waals surface area contributed by atoms with E-state index in [1.54, 1.807) is 31.2 Å².